The van der Waals surface area contributed by atoms with Crippen LogP contribution in [-0.2, 0) is 0 Å². The molecule has 0 fully saturated rings. The Morgan fingerprint density at radius 2 is 1.42 bits per heavy atom. The second-order valence-electron chi connectivity index (χ2n) is 4.80. The Kier molecular flexibility index (Phi) is 12.3. The third-order valence-corrected chi connectivity index (χ3v) is 5.69. The number of imidazole rings is 1. The zero-order valence-electron chi connectivity index (χ0n) is 14.3. The van der Waals surface area contributed by atoms with Gasteiger partial charge in [0.15, 0.2) is 0 Å². The van der Waals surface area contributed by atoms with E-state index in [-0.39, 0.29) is 0 Å². The molecule has 0 radical (unpaired) electrons. The Morgan fingerprint density at radius 1 is 0.923 bits per heavy atom. The van der Waals surface area contributed by atoms with E-state index in [1.165, 1.54) is 0 Å². The molecule has 0 aliphatic rings. The second kappa shape index (κ2) is 13.6. The maximum Gasteiger partial charge on any atom is 0.146 e. The highest BCUT2D eigenvalue weighted by Crippen LogP contribution is 2.10. The number of thiocarbonyl (C=S) groups is 2. The lowest BCUT2D eigenvalue weighted by atomic mass is 10.6. The maximum absolute atomic E-state index is 5.68. The highest BCUT2D eigenvalue weighted by molar-refractivity contribution is 8.23. The summed E-state index contributed by atoms with van der Waals surface area (Å²) in [6.07, 6.45) is 13.0. The fraction of sp³-hybridized carbons (Fsp3) is 0.235. The van der Waals surface area contributed by atoms with Gasteiger partial charge in [-0.25, -0.2) is 4.98 Å². The van der Waals surface area contributed by atoms with Gasteiger partial charge in [-0.1, -0.05) is 83.3 Å². The first-order valence-corrected chi connectivity index (χ1v) is 11.0. The van der Waals surface area contributed by atoms with Gasteiger partial charge in [0.1, 0.15) is 15.0 Å². The summed E-state index contributed by atoms with van der Waals surface area (Å²) in [6, 6.07) is 3.91. The van der Waals surface area contributed by atoms with Crippen LogP contribution in [0.25, 0.3) is 0 Å². The molecule has 0 saturated carbocycles. The molecule has 0 N–H and O–H groups in total. The summed E-state index contributed by atoms with van der Waals surface area (Å²) in [4.78, 5) is 3.91. The molecule has 0 amide bonds. The van der Waals surface area contributed by atoms with Crippen molar-refractivity contribution in [1.29, 1.82) is 0 Å². The molecule has 0 spiro atoms. The SMILES string of the molecule is C/C(Cl)=C/CSC(=S)n1cccc1.C/C(Cl)=C/CSC(=S)n1ccnc1. The molecule has 26 heavy (non-hydrogen) atoms. The van der Waals surface area contributed by atoms with Crippen LogP contribution in [0.2, 0.25) is 0 Å². The molecule has 2 rings (SSSR count). The Morgan fingerprint density at radius 3 is 1.85 bits per heavy atom. The predicted molar refractivity (Wildman–Crippen MR) is 127 cm³/mol. The first kappa shape index (κ1) is 23.5. The van der Waals surface area contributed by atoms with E-state index in [4.69, 9.17) is 47.6 Å². The van der Waals surface area contributed by atoms with E-state index in [9.17, 15) is 0 Å². The van der Waals surface area contributed by atoms with Crippen LogP contribution < -0.4 is 0 Å². The van der Waals surface area contributed by atoms with Crippen LogP contribution in [-0.4, -0.2) is 34.3 Å². The van der Waals surface area contributed by atoms with E-state index in [0.717, 1.165) is 30.2 Å². The number of hydrogen-bond donors (Lipinski definition) is 0. The number of rotatable bonds is 4. The largest absolute Gasteiger partial charge is 0.310 e. The summed E-state index contributed by atoms with van der Waals surface area (Å²) in [6.45, 7) is 3.71. The fourth-order valence-electron chi connectivity index (χ4n) is 1.43. The molecule has 0 bridgehead atoms. The van der Waals surface area contributed by atoms with Crippen molar-refractivity contribution in [1.82, 2.24) is 14.1 Å². The van der Waals surface area contributed by atoms with Crippen LogP contribution in [0.3, 0.4) is 0 Å². The lowest BCUT2D eigenvalue weighted by Gasteiger charge is -2.01. The van der Waals surface area contributed by atoms with Gasteiger partial charge in [0.2, 0.25) is 0 Å². The highest BCUT2D eigenvalue weighted by Gasteiger charge is 1.98. The van der Waals surface area contributed by atoms with Crippen molar-refractivity contribution in [2.45, 2.75) is 13.8 Å². The van der Waals surface area contributed by atoms with Gasteiger partial charge in [-0.15, -0.1) is 0 Å². The zero-order valence-corrected chi connectivity index (χ0v) is 19.1. The number of allylic oxidation sites excluding steroid dienone is 2. The van der Waals surface area contributed by atoms with E-state index in [2.05, 4.69) is 4.98 Å². The van der Waals surface area contributed by atoms with Gasteiger partial charge < -0.3 is 4.57 Å². The van der Waals surface area contributed by atoms with E-state index in [0.29, 0.717) is 0 Å². The zero-order chi connectivity index (χ0) is 19.4. The Bertz CT molecular complexity index is 666. The number of thioether (sulfide) groups is 2. The van der Waals surface area contributed by atoms with Crippen molar-refractivity contribution in [3.05, 3.63) is 65.5 Å². The summed E-state index contributed by atoms with van der Waals surface area (Å²) in [5.41, 5.74) is 0. The standard InChI is InChI=1S/C9H10ClNS2.C8H9ClN2S2/c1-8(10)4-7-13-9(12)11-5-2-3-6-11;1-7(9)2-5-13-8(12)11-4-3-10-6-11/h2-6H,7H2,1H3;2-4,6H,5H2,1H3/b8-4-;7-2-. The Labute approximate surface area is 183 Å². The monoisotopic (exact) mass is 463 g/mol. The smallest absolute Gasteiger partial charge is 0.146 e. The molecule has 9 heteroatoms. The fourth-order valence-corrected chi connectivity index (χ4v) is 3.88. The van der Waals surface area contributed by atoms with Gasteiger partial charge in [0.05, 0.1) is 0 Å². The normalized spacial score (nSPS) is 11.7. The van der Waals surface area contributed by atoms with E-state index in [1.54, 1.807) is 40.6 Å². The molecule has 0 saturated heterocycles. The minimum Gasteiger partial charge on any atom is -0.310 e. The average molecular weight is 465 g/mol. The topological polar surface area (TPSA) is 22.8 Å². The molecule has 0 aliphatic carbocycles. The molecule has 0 aliphatic heterocycles. The van der Waals surface area contributed by atoms with E-state index < -0.39 is 0 Å². The van der Waals surface area contributed by atoms with Crippen molar-refractivity contribution >= 4 is 79.8 Å². The average Bonchev–Trinajstić information content (AvgIpc) is 3.28. The molecule has 0 atom stereocenters. The van der Waals surface area contributed by atoms with Gasteiger partial charge in [0, 0.05) is 46.4 Å². The van der Waals surface area contributed by atoms with Gasteiger partial charge in [-0.3, -0.25) is 4.57 Å². The van der Waals surface area contributed by atoms with Crippen molar-refractivity contribution in [2.24, 2.45) is 0 Å². The van der Waals surface area contributed by atoms with Crippen molar-refractivity contribution in [2.75, 3.05) is 11.5 Å². The third-order valence-electron chi connectivity index (χ3n) is 2.67. The van der Waals surface area contributed by atoms with E-state index in [1.807, 2.05) is 61.3 Å². The quantitative estimate of drug-likeness (QED) is 0.488. The summed E-state index contributed by atoms with van der Waals surface area (Å²) in [5, 5.41) is 1.60. The minimum absolute atomic E-state index is 0.784. The first-order valence-electron chi connectivity index (χ1n) is 7.50. The molecular weight excluding hydrogens is 445 g/mol. The Hall–Kier alpha value is -0.570. The minimum atomic E-state index is 0.784. The summed E-state index contributed by atoms with van der Waals surface area (Å²) in [5.74, 6) is 1.62. The molecule has 2 aromatic heterocycles. The number of aromatic nitrogens is 3. The van der Waals surface area contributed by atoms with Crippen LogP contribution in [0.1, 0.15) is 13.8 Å². The second-order valence-corrected chi connectivity index (χ2v) is 9.30. The van der Waals surface area contributed by atoms with E-state index >= 15 is 0 Å². The molecule has 2 aromatic rings. The van der Waals surface area contributed by atoms with Gasteiger partial charge in [-0.05, 0) is 26.0 Å². The first-order chi connectivity index (χ1) is 12.4. The van der Waals surface area contributed by atoms with Gasteiger partial charge in [-0.2, -0.15) is 0 Å². The molecular formula is C17H19Cl2N3S4. The van der Waals surface area contributed by atoms with Crippen LogP contribution >= 0.6 is 71.2 Å². The highest BCUT2D eigenvalue weighted by atomic mass is 35.5. The van der Waals surface area contributed by atoms with Crippen LogP contribution in [0, 0.1) is 0 Å². The molecule has 2 heterocycles. The lowest BCUT2D eigenvalue weighted by molar-refractivity contribution is 1.18. The van der Waals surface area contributed by atoms with Crippen LogP contribution in [0.5, 0.6) is 0 Å². The van der Waals surface area contributed by atoms with Crippen LogP contribution in [0.4, 0.5) is 0 Å². The summed E-state index contributed by atoms with van der Waals surface area (Å²) in [7, 11) is 0. The molecule has 140 valence electrons. The summed E-state index contributed by atoms with van der Waals surface area (Å²) < 4.78 is 5.35. The Balaban J connectivity index is 0.000000260. The number of halogens is 2. The van der Waals surface area contributed by atoms with Crippen molar-refractivity contribution in [3.8, 4) is 0 Å². The lowest BCUT2D eigenvalue weighted by Crippen LogP contribution is -2.01. The van der Waals surface area contributed by atoms with Crippen molar-refractivity contribution < 1.29 is 0 Å². The van der Waals surface area contributed by atoms with Crippen molar-refractivity contribution in [3.63, 3.8) is 0 Å². The maximum atomic E-state index is 5.68. The molecule has 3 nitrogen and oxygen atoms in total. The predicted octanol–water partition coefficient (Wildman–Crippen LogP) is 6.39. The van der Waals surface area contributed by atoms with Gasteiger partial charge >= 0.3 is 0 Å². The van der Waals surface area contributed by atoms with Gasteiger partial charge in [0.25, 0.3) is 0 Å². The van der Waals surface area contributed by atoms with Crippen LogP contribution in [0.15, 0.2) is 65.5 Å². The third kappa shape index (κ3) is 10.5. The number of nitrogens with zero attached hydrogens (tertiary/aromatic N) is 3. The molecule has 0 aromatic carbocycles. The number of hydrogen-bond acceptors (Lipinski definition) is 5. The molecule has 0 unspecified atom stereocenters. The summed E-state index contributed by atoms with van der Waals surface area (Å²) >= 11 is 24.8.